The molecule has 5 heteroatoms. The van der Waals surface area contributed by atoms with Gasteiger partial charge in [-0.2, -0.15) is 0 Å². The molecule has 0 aliphatic rings. The fraction of sp³-hybridized carbons (Fsp3) is 0.188. The maximum absolute atomic E-state index is 11.7. The van der Waals surface area contributed by atoms with Crippen LogP contribution in [0.2, 0.25) is 5.02 Å². The van der Waals surface area contributed by atoms with Gasteiger partial charge in [-0.15, -0.1) is 0 Å². The number of carbonyl (C=O) groups excluding carboxylic acids is 1. The van der Waals surface area contributed by atoms with Crippen LogP contribution in [-0.4, -0.2) is 17.7 Å². The summed E-state index contributed by atoms with van der Waals surface area (Å²) < 4.78 is 0. The zero-order valence-electron chi connectivity index (χ0n) is 11.4. The van der Waals surface area contributed by atoms with E-state index in [0.29, 0.717) is 17.1 Å². The number of benzene rings is 2. The first-order valence-electron chi connectivity index (χ1n) is 6.64. The smallest absolute Gasteiger partial charge is 0.315 e. The van der Waals surface area contributed by atoms with E-state index in [4.69, 9.17) is 11.6 Å². The van der Waals surface area contributed by atoms with E-state index in [1.165, 1.54) is 0 Å². The highest BCUT2D eigenvalue weighted by atomic mass is 35.5. The number of halogens is 1. The molecule has 4 nitrogen and oxygen atoms in total. The average molecular weight is 305 g/mol. The summed E-state index contributed by atoms with van der Waals surface area (Å²) in [6, 6.07) is 16.2. The van der Waals surface area contributed by atoms with Crippen LogP contribution in [0, 0.1) is 0 Å². The zero-order chi connectivity index (χ0) is 15.1. The molecule has 0 saturated carbocycles. The highest BCUT2D eigenvalue weighted by Crippen LogP contribution is 2.15. The molecule has 0 aromatic heterocycles. The number of nitrogens with one attached hydrogen (secondary N) is 2. The number of urea groups is 1. The van der Waals surface area contributed by atoms with E-state index in [1.807, 2.05) is 30.3 Å². The first-order chi connectivity index (χ1) is 10.1. The van der Waals surface area contributed by atoms with Crippen molar-refractivity contribution in [3.8, 4) is 0 Å². The van der Waals surface area contributed by atoms with Crippen LogP contribution in [0.25, 0.3) is 0 Å². The molecular formula is C16H17ClN2O2. The Morgan fingerprint density at radius 1 is 1.05 bits per heavy atom. The van der Waals surface area contributed by atoms with Crippen LogP contribution >= 0.6 is 11.6 Å². The van der Waals surface area contributed by atoms with Gasteiger partial charge in [-0.05, 0) is 23.3 Å². The Morgan fingerprint density at radius 3 is 2.38 bits per heavy atom. The fourth-order valence-corrected chi connectivity index (χ4v) is 1.96. The minimum Gasteiger partial charge on any atom is -0.387 e. The summed E-state index contributed by atoms with van der Waals surface area (Å²) in [6.45, 7) is 0.589. The summed E-state index contributed by atoms with van der Waals surface area (Å²) >= 11 is 5.78. The van der Waals surface area contributed by atoms with Gasteiger partial charge in [0.2, 0.25) is 0 Å². The lowest BCUT2D eigenvalue weighted by Crippen LogP contribution is -2.37. The Morgan fingerprint density at radius 2 is 1.71 bits per heavy atom. The standard InChI is InChI=1S/C16H17ClN2O2/c17-14-8-6-13(7-9-14)15(20)11-19-16(21)18-10-12-4-2-1-3-5-12/h1-9,15,20H,10-11H2,(H2,18,19,21)/t15-/m1/s1. The third kappa shape index (κ3) is 5.10. The van der Waals surface area contributed by atoms with Gasteiger partial charge in [0.05, 0.1) is 6.10 Å². The second-order valence-electron chi connectivity index (χ2n) is 4.62. The second kappa shape index (κ2) is 7.67. The van der Waals surface area contributed by atoms with E-state index in [1.54, 1.807) is 24.3 Å². The van der Waals surface area contributed by atoms with Gasteiger partial charge in [-0.1, -0.05) is 54.1 Å². The molecule has 0 saturated heterocycles. The minimum absolute atomic E-state index is 0.141. The van der Waals surface area contributed by atoms with Crippen molar-refractivity contribution in [2.75, 3.05) is 6.54 Å². The number of hydrogen-bond acceptors (Lipinski definition) is 2. The molecular weight excluding hydrogens is 288 g/mol. The zero-order valence-corrected chi connectivity index (χ0v) is 12.2. The summed E-state index contributed by atoms with van der Waals surface area (Å²) in [4.78, 5) is 11.7. The normalized spacial score (nSPS) is 11.7. The Balaban J connectivity index is 1.74. The van der Waals surface area contributed by atoms with E-state index in [9.17, 15) is 9.90 Å². The molecule has 110 valence electrons. The van der Waals surface area contributed by atoms with Crippen LogP contribution in [0.3, 0.4) is 0 Å². The van der Waals surface area contributed by atoms with E-state index in [-0.39, 0.29) is 12.6 Å². The third-order valence-electron chi connectivity index (χ3n) is 3.01. The third-order valence-corrected chi connectivity index (χ3v) is 3.26. The predicted molar refractivity (Wildman–Crippen MR) is 83.1 cm³/mol. The molecule has 3 N–H and O–H groups in total. The molecule has 2 amide bonds. The molecule has 0 spiro atoms. The minimum atomic E-state index is -0.759. The molecule has 0 aliphatic carbocycles. The quantitative estimate of drug-likeness (QED) is 0.795. The summed E-state index contributed by atoms with van der Waals surface area (Å²) in [5, 5.41) is 15.9. The van der Waals surface area contributed by atoms with Crippen LogP contribution in [0.5, 0.6) is 0 Å². The summed E-state index contributed by atoms with van der Waals surface area (Å²) in [7, 11) is 0. The fourth-order valence-electron chi connectivity index (χ4n) is 1.83. The molecule has 2 aromatic rings. The van der Waals surface area contributed by atoms with Gasteiger partial charge in [0.15, 0.2) is 0 Å². The maximum atomic E-state index is 11.7. The lowest BCUT2D eigenvalue weighted by Gasteiger charge is -2.13. The highest BCUT2D eigenvalue weighted by molar-refractivity contribution is 6.30. The molecule has 0 unspecified atom stereocenters. The van der Waals surface area contributed by atoms with Gasteiger partial charge >= 0.3 is 6.03 Å². The number of rotatable bonds is 5. The largest absolute Gasteiger partial charge is 0.387 e. The van der Waals surface area contributed by atoms with Gasteiger partial charge in [0, 0.05) is 18.1 Å². The van der Waals surface area contributed by atoms with Crippen LogP contribution < -0.4 is 10.6 Å². The van der Waals surface area contributed by atoms with Crippen molar-refractivity contribution in [2.24, 2.45) is 0 Å². The molecule has 0 bridgehead atoms. The summed E-state index contributed by atoms with van der Waals surface area (Å²) in [5.74, 6) is 0. The molecule has 21 heavy (non-hydrogen) atoms. The number of hydrogen-bond donors (Lipinski definition) is 3. The van der Waals surface area contributed by atoms with Crippen LogP contribution in [0.1, 0.15) is 17.2 Å². The van der Waals surface area contributed by atoms with Crippen molar-refractivity contribution in [1.82, 2.24) is 10.6 Å². The topological polar surface area (TPSA) is 61.4 Å². The Hall–Kier alpha value is -2.04. The lowest BCUT2D eigenvalue weighted by atomic mass is 10.1. The van der Waals surface area contributed by atoms with Gasteiger partial charge in [0.1, 0.15) is 0 Å². The number of aliphatic hydroxyl groups is 1. The molecule has 1 atom stereocenters. The van der Waals surface area contributed by atoms with Crippen molar-refractivity contribution < 1.29 is 9.90 Å². The maximum Gasteiger partial charge on any atom is 0.315 e. The molecule has 0 fully saturated rings. The van der Waals surface area contributed by atoms with Crippen molar-refractivity contribution in [2.45, 2.75) is 12.6 Å². The van der Waals surface area contributed by atoms with E-state index >= 15 is 0 Å². The van der Waals surface area contributed by atoms with E-state index < -0.39 is 6.10 Å². The first-order valence-corrected chi connectivity index (χ1v) is 7.02. The van der Waals surface area contributed by atoms with Gasteiger partial charge in [0.25, 0.3) is 0 Å². The lowest BCUT2D eigenvalue weighted by molar-refractivity contribution is 0.173. The van der Waals surface area contributed by atoms with E-state index in [0.717, 1.165) is 5.56 Å². The molecule has 0 aliphatic heterocycles. The number of amides is 2. The SMILES string of the molecule is O=C(NCc1ccccc1)NC[C@@H](O)c1ccc(Cl)cc1. The second-order valence-corrected chi connectivity index (χ2v) is 5.05. The van der Waals surface area contributed by atoms with Crippen molar-refractivity contribution in [3.63, 3.8) is 0 Å². The van der Waals surface area contributed by atoms with Crippen molar-refractivity contribution in [1.29, 1.82) is 0 Å². The molecule has 2 rings (SSSR count). The van der Waals surface area contributed by atoms with Crippen LogP contribution in [-0.2, 0) is 6.54 Å². The van der Waals surface area contributed by atoms with Crippen molar-refractivity contribution >= 4 is 17.6 Å². The Labute approximate surface area is 128 Å². The molecule has 0 heterocycles. The summed E-state index contributed by atoms with van der Waals surface area (Å²) in [6.07, 6.45) is -0.759. The van der Waals surface area contributed by atoms with Gasteiger partial charge in [-0.3, -0.25) is 0 Å². The summed E-state index contributed by atoms with van der Waals surface area (Å²) in [5.41, 5.74) is 1.73. The number of carbonyl (C=O) groups is 1. The number of aliphatic hydroxyl groups excluding tert-OH is 1. The first kappa shape index (κ1) is 15.4. The predicted octanol–water partition coefficient (Wildman–Crippen LogP) is 2.87. The van der Waals surface area contributed by atoms with Crippen molar-refractivity contribution in [3.05, 3.63) is 70.7 Å². The monoisotopic (exact) mass is 304 g/mol. The Kier molecular flexibility index (Phi) is 5.60. The van der Waals surface area contributed by atoms with Gasteiger partial charge < -0.3 is 15.7 Å². The molecule has 0 radical (unpaired) electrons. The molecule has 2 aromatic carbocycles. The van der Waals surface area contributed by atoms with Crippen LogP contribution in [0.15, 0.2) is 54.6 Å². The van der Waals surface area contributed by atoms with Crippen LogP contribution in [0.4, 0.5) is 4.79 Å². The van der Waals surface area contributed by atoms with E-state index in [2.05, 4.69) is 10.6 Å². The average Bonchev–Trinajstić information content (AvgIpc) is 2.52. The Bertz CT molecular complexity index is 573. The van der Waals surface area contributed by atoms with Gasteiger partial charge in [-0.25, -0.2) is 4.79 Å². The highest BCUT2D eigenvalue weighted by Gasteiger charge is 2.09.